The minimum absolute atomic E-state index is 0.168. The van der Waals surface area contributed by atoms with Crippen molar-refractivity contribution >= 4 is 37.6 Å². The van der Waals surface area contributed by atoms with E-state index in [2.05, 4.69) is 31.9 Å². The van der Waals surface area contributed by atoms with Crippen LogP contribution in [0.4, 0.5) is 0 Å². The van der Waals surface area contributed by atoms with E-state index in [1.165, 1.54) is 14.2 Å². The molecular weight excluding hydrogens is 388 g/mol. The van der Waals surface area contributed by atoms with E-state index in [0.29, 0.717) is 31.6 Å². The molecule has 0 saturated carbocycles. The van der Waals surface area contributed by atoms with Crippen molar-refractivity contribution in [3.05, 3.63) is 56.5 Å². The fraction of sp³-hybridized carbons (Fsp3) is 0.133. The third kappa shape index (κ3) is 2.74. The number of ketones is 1. The molecule has 3 nitrogen and oxygen atoms in total. The highest BCUT2D eigenvalue weighted by molar-refractivity contribution is 9.11. The van der Waals surface area contributed by atoms with Crippen LogP contribution in [0.3, 0.4) is 0 Å². The van der Waals surface area contributed by atoms with E-state index in [4.69, 9.17) is 9.47 Å². The molecule has 0 amide bonds. The van der Waals surface area contributed by atoms with Crippen molar-refractivity contribution in [3.63, 3.8) is 0 Å². The summed E-state index contributed by atoms with van der Waals surface area (Å²) in [6.07, 6.45) is 0. The highest BCUT2D eigenvalue weighted by Crippen LogP contribution is 2.35. The average Bonchev–Trinajstić information content (AvgIpc) is 2.45. The first kappa shape index (κ1) is 15.1. The number of benzene rings is 2. The zero-order chi connectivity index (χ0) is 14.7. The van der Waals surface area contributed by atoms with Crippen molar-refractivity contribution in [2.24, 2.45) is 0 Å². The smallest absolute Gasteiger partial charge is 0.202 e. The van der Waals surface area contributed by atoms with Crippen molar-refractivity contribution < 1.29 is 14.3 Å². The Morgan fingerprint density at radius 3 is 1.75 bits per heavy atom. The van der Waals surface area contributed by atoms with Crippen LogP contribution >= 0.6 is 31.9 Å². The van der Waals surface area contributed by atoms with Gasteiger partial charge >= 0.3 is 0 Å². The van der Waals surface area contributed by atoms with Crippen molar-refractivity contribution in [2.75, 3.05) is 14.2 Å². The Kier molecular flexibility index (Phi) is 4.83. The third-order valence-electron chi connectivity index (χ3n) is 2.84. The number of hydrogen-bond acceptors (Lipinski definition) is 3. The van der Waals surface area contributed by atoms with Crippen molar-refractivity contribution in [1.29, 1.82) is 0 Å². The zero-order valence-corrected chi connectivity index (χ0v) is 14.1. The third-order valence-corrected chi connectivity index (χ3v) is 4.17. The molecule has 0 bridgehead atoms. The lowest BCUT2D eigenvalue weighted by atomic mass is 10.0. The van der Waals surface area contributed by atoms with E-state index in [0.717, 1.165) is 0 Å². The van der Waals surface area contributed by atoms with E-state index in [1.807, 2.05) is 18.2 Å². The topological polar surface area (TPSA) is 35.5 Å². The highest BCUT2D eigenvalue weighted by Gasteiger charge is 2.23. The Labute approximate surface area is 134 Å². The summed E-state index contributed by atoms with van der Waals surface area (Å²) in [6.45, 7) is 0. The summed E-state index contributed by atoms with van der Waals surface area (Å²) in [6, 6.07) is 10.7. The first-order chi connectivity index (χ1) is 9.60. The maximum Gasteiger partial charge on any atom is 0.202 e. The van der Waals surface area contributed by atoms with Crippen molar-refractivity contribution in [3.8, 4) is 11.5 Å². The molecule has 0 aromatic heterocycles. The molecule has 0 saturated heterocycles. The molecule has 0 fully saturated rings. The monoisotopic (exact) mass is 398 g/mol. The van der Waals surface area contributed by atoms with Gasteiger partial charge in [0.15, 0.2) is 0 Å². The molecule has 0 N–H and O–H groups in total. The summed E-state index contributed by atoms with van der Waals surface area (Å²) < 4.78 is 12.0. The van der Waals surface area contributed by atoms with Gasteiger partial charge in [0, 0.05) is 8.95 Å². The number of hydrogen-bond donors (Lipinski definition) is 0. The quantitative estimate of drug-likeness (QED) is 0.712. The number of halogens is 2. The van der Waals surface area contributed by atoms with Crippen LogP contribution in [-0.2, 0) is 0 Å². The van der Waals surface area contributed by atoms with Gasteiger partial charge in [0.05, 0.1) is 19.8 Å². The van der Waals surface area contributed by atoms with E-state index in [9.17, 15) is 4.79 Å². The lowest BCUT2D eigenvalue weighted by Gasteiger charge is -2.13. The SMILES string of the molecule is COc1cccc(OC)c1C(=O)c1c(Br)cccc1Br. The molecule has 0 spiro atoms. The summed E-state index contributed by atoms with van der Waals surface area (Å²) >= 11 is 6.81. The highest BCUT2D eigenvalue weighted by atomic mass is 79.9. The number of carbonyl (C=O) groups is 1. The molecule has 0 radical (unpaired) electrons. The predicted octanol–water partition coefficient (Wildman–Crippen LogP) is 4.46. The summed E-state index contributed by atoms with van der Waals surface area (Å²) in [4.78, 5) is 12.8. The van der Waals surface area contributed by atoms with Crippen LogP contribution in [-0.4, -0.2) is 20.0 Å². The molecule has 2 aromatic rings. The predicted molar refractivity (Wildman–Crippen MR) is 84.8 cm³/mol. The fourth-order valence-electron chi connectivity index (χ4n) is 1.91. The Morgan fingerprint density at radius 1 is 0.850 bits per heavy atom. The molecule has 0 atom stereocenters. The van der Waals surface area contributed by atoms with Gasteiger partial charge in [-0.3, -0.25) is 4.79 Å². The van der Waals surface area contributed by atoms with Gasteiger partial charge in [-0.05, 0) is 56.1 Å². The second kappa shape index (κ2) is 6.41. The molecule has 2 rings (SSSR count). The standard InChI is InChI=1S/C15H12Br2O3/c1-19-11-7-4-8-12(20-2)14(11)15(18)13-9(16)5-3-6-10(13)17/h3-8H,1-2H3. The Balaban J connectivity index is 2.65. The minimum Gasteiger partial charge on any atom is -0.496 e. The van der Waals surface area contributed by atoms with Gasteiger partial charge in [0.1, 0.15) is 17.1 Å². The molecule has 0 aliphatic rings. The first-order valence-electron chi connectivity index (χ1n) is 5.79. The molecule has 0 aliphatic carbocycles. The van der Waals surface area contributed by atoms with Crippen LogP contribution in [0.15, 0.2) is 45.3 Å². The Bertz CT molecular complexity index is 611. The summed E-state index contributed by atoms with van der Waals surface area (Å²) in [5.74, 6) is 0.799. The van der Waals surface area contributed by atoms with E-state index >= 15 is 0 Å². The number of carbonyl (C=O) groups excluding carboxylic acids is 1. The normalized spacial score (nSPS) is 10.2. The van der Waals surface area contributed by atoms with Crippen LogP contribution in [0.5, 0.6) is 11.5 Å². The van der Waals surface area contributed by atoms with Gasteiger partial charge < -0.3 is 9.47 Å². The second-order valence-corrected chi connectivity index (χ2v) is 5.67. The number of rotatable bonds is 4. The fourth-order valence-corrected chi connectivity index (χ4v) is 3.27. The Hall–Kier alpha value is -1.33. The van der Waals surface area contributed by atoms with Gasteiger partial charge in [-0.1, -0.05) is 12.1 Å². The van der Waals surface area contributed by atoms with Gasteiger partial charge in [0.25, 0.3) is 0 Å². The number of ether oxygens (including phenoxy) is 2. The van der Waals surface area contributed by atoms with Crippen LogP contribution in [0, 0.1) is 0 Å². The van der Waals surface area contributed by atoms with Crippen LogP contribution in [0.25, 0.3) is 0 Å². The molecule has 104 valence electrons. The molecule has 0 unspecified atom stereocenters. The molecule has 0 aliphatic heterocycles. The van der Waals surface area contributed by atoms with Crippen LogP contribution in [0.2, 0.25) is 0 Å². The van der Waals surface area contributed by atoms with Gasteiger partial charge in [-0.15, -0.1) is 0 Å². The molecule has 2 aromatic carbocycles. The van der Waals surface area contributed by atoms with Crippen LogP contribution < -0.4 is 9.47 Å². The van der Waals surface area contributed by atoms with Crippen molar-refractivity contribution in [1.82, 2.24) is 0 Å². The lowest BCUT2D eigenvalue weighted by molar-refractivity contribution is 0.103. The van der Waals surface area contributed by atoms with Gasteiger partial charge in [-0.25, -0.2) is 0 Å². The van der Waals surface area contributed by atoms with Crippen LogP contribution in [0.1, 0.15) is 15.9 Å². The largest absolute Gasteiger partial charge is 0.496 e. The van der Waals surface area contributed by atoms with E-state index in [1.54, 1.807) is 18.2 Å². The minimum atomic E-state index is -0.168. The molecular formula is C15H12Br2O3. The molecule has 5 heteroatoms. The second-order valence-electron chi connectivity index (χ2n) is 3.96. The molecule has 20 heavy (non-hydrogen) atoms. The van der Waals surface area contributed by atoms with E-state index in [-0.39, 0.29) is 5.78 Å². The lowest BCUT2D eigenvalue weighted by Crippen LogP contribution is -2.08. The zero-order valence-electron chi connectivity index (χ0n) is 10.9. The van der Waals surface area contributed by atoms with E-state index < -0.39 is 0 Å². The maximum atomic E-state index is 12.8. The summed E-state index contributed by atoms with van der Waals surface area (Å²) in [5, 5.41) is 0. The maximum absolute atomic E-state index is 12.8. The van der Waals surface area contributed by atoms with Crippen molar-refractivity contribution in [2.45, 2.75) is 0 Å². The molecule has 0 heterocycles. The Morgan fingerprint density at radius 2 is 1.30 bits per heavy atom. The van der Waals surface area contributed by atoms with Gasteiger partial charge in [-0.2, -0.15) is 0 Å². The van der Waals surface area contributed by atoms with Gasteiger partial charge in [0.2, 0.25) is 5.78 Å². The number of methoxy groups -OCH3 is 2. The summed E-state index contributed by atoms with van der Waals surface area (Å²) in [5.41, 5.74) is 0.945. The first-order valence-corrected chi connectivity index (χ1v) is 7.38. The summed E-state index contributed by atoms with van der Waals surface area (Å²) in [7, 11) is 3.06. The average molecular weight is 400 g/mol.